The summed E-state index contributed by atoms with van der Waals surface area (Å²) in [6.07, 6.45) is 0. The number of hydrogen-bond acceptors (Lipinski definition) is 5. The van der Waals surface area contributed by atoms with E-state index in [1.807, 2.05) is 42.5 Å². The summed E-state index contributed by atoms with van der Waals surface area (Å²) in [6, 6.07) is 23.9. The summed E-state index contributed by atoms with van der Waals surface area (Å²) in [6.45, 7) is -0.424. The molecule has 7 heteroatoms. The molecule has 156 valence electrons. The summed E-state index contributed by atoms with van der Waals surface area (Å²) in [7, 11) is -2.59. The van der Waals surface area contributed by atoms with Crippen molar-refractivity contribution in [3.05, 3.63) is 84.6 Å². The van der Waals surface area contributed by atoms with Crippen LogP contribution in [0.5, 0.6) is 5.75 Å². The fraction of sp³-hybridized carbons (Fsp3) is 0.0833. The molecular weight excluding hydrogens is 430 g/mol. The molecule has 0 saturated heterocycles. The topological polar surface area (TPSA) is 68.5 Å². The van der Waals surface area contributed by atoms with Crippen molar-refractivity contribution < 1.29 is 18.3 Å². The standard InChI is InChI=1S/C24H19NO4S2/c1-29-20-11-5-7-13-23(20)31(27,28)25-18-10-4-3-9-17(18)24(19(25)15-26)22-14-16-8-2-6-12-21(16)30-22/h2-14,26H,15H2,1H3. The Kier molecular flexibility index (Phi) is 4.81. The zero-order valence-electron chi connectivity index (χ0n) is 16.6. The Morgan fingerprint density at radius 1 is 0.968 bits per heavy atom. The zero-order valence-corrected chi connectivity index (χ0v) is 18.3. The molecule has 0 saturated carbocycles. The van der Waals surface area contributed by atoms with Crippen LogP contribution in [-0.2, 0) is 16.6 Å². The number of benzene rings is 3. The van der Waals surface area contributed by atoms with Gasteiger partial charge in [-0.05, 0) is 35.7 Å². The molecule has 0 aliphatic heterocycles. The van der Waals surface area contributed by atoms with Crippen LogP contribution >= 0.6 is 11.3 Å². The number of aliphatic hydroxyl groups excluding tert-OH is 1. The molecule has 0 unspecified atom stereocenters. The Balaban J connectivity index is 1.87. The molecule has 1 N–H and O–H groups in total. The van der Waals surface area contributed by atoms with Crippen LogP contribution in [0.15, 0.2) is 83.8 Å². The molecule has 0 spiro atoms. The first-order valence-electron chi connectivity index (χ1n) is 9.67. The highest BCUT2D eigenvalue weighted by atomic mass is 32.2. The van der Waals surface area contributed by atoms with E-state index in [-0.39, 0.29) is 10.6 Å². The summed E-state index contributed by atoms with van der Waals surface area (Å²) in [5, 5.41) is 12.2. The van der Waals surface area contributed by atoms with E-state index in [9.17, 15) is 13.5 Å². The van der Waals surface area contributed by atoms with Gasteiger partial charge in [-0.2, -0.15) is 0 Å². The molecule has 31 heavy (non-hydrogen) atoms. The van der Waals surface area contributed by atoms with Crippen LogP contribution < -0.4 is 4.74 Å². The fourth-order valence-electron chi connectivity index (χ4n) is 3.99. The van der Waals surface area contributed by atoms with Gasteiger partial charge in [0.2, 0.25) is 0 Å². The van der Waals surface area contributed by atoms with Crippen LogP contribution in [0.25, 0.3) is 31.4 Å². The third-order valence-electron chi connectivity index (χ3n) is 5.33. The Bertz CT molecular complexity index is 1500. The first-order valence-corrected chi connectivity index (χ1v) is 11.9. The first kappa shape index (κ1) is 19.8. The lowest BCUT2D eigenvalue weighted by molar-refractivity contribution is 0.276. The third kappa shape index (κ3) is 3.05. The second kappa shape index (κ2) is 7.53. The summed E-state index contributed by atoms with van der Waals surface area (Å²) in [4.78, 5) is 0.964. The molecule has 0 fully saturated rings. The van der Waals surface area contributed by atoms with Gasteiger partial charge in [0.25, 0.3) is 10.0 Å². The van der Waals surface area contributed by atoms with Crippen LogP contribution in [0.4, 0.5) is 0 Å². The summed E-state index contributed by atoms with van der Waals surface area (Å²) in [5.74, 6) is 0.257. The number of rotatable bonds is 5. The van der Waals surface area contributed by atoms with Gasteiger partial charge in [0.15, 0.2) is 0 Å². The molecule has 0 bridgehead atoms. The summed E-state index contributed by atoms with van der Waals surface area (Å²) < 4.78 is 35.3. The fourth-order valence-corrected chi connectivity index (χ4v) is 6.85. The van der Waals surface area contributed by atoms with E-state index in [0.717, 1.165) is 25.9 Å². The minimum atomic E-state index is -4.03. The normalized spacial score (nSPS) is 11.9. The van der Waals surface area contributed by atoms with E-state index < -0.39 is 16.6 Å². The van der Waals surface area contributed by atoms with Crippen LogP contribution in [0.2, 0.25) is 0 Å². The van der Waals surface area contributed by atoms with E-state index >= 15 is 0 Å². The quantitative estimate of drug-likeness (QED) is 0.397. The number of fused-ring (bicyclic) bond motifs is 2. The highest BCUT2D eigenvalue weighted by Crippen LogP contribution is 2.42. The molecule has 0 atom stereocenters. The lowest BCUT2D eigenvalue weighted by atomic mass is 10.1. The van der Waals surface area contributed by atoms with E-state index in [1.165, 1.54) is 17.1 Å². The van der Waals surface area contributed by atoms with E-state index in [1.54, 1.807) is 41.7 Å². The SMILES string of the molecule is COc1ccccc1S(=O)(=O)n1c(CO)c(-c2cc3ccccc3s2)c2ccccc21. The van der Waals surface area contributed by atoms with Gasteiger partial charge in [-0.15, -0.1) is 11.3 Å². The lowest BCUT2D eigenvalue weighted by Crippen LogP contribution is -2.17. The van der Waals surface area contributed by atoms with Crippen molar-refractivity contribution in [2.24, 2.45) is 0 Å². The van der Waals surface area contributed by atoms with Crippen LogP contribution in [0.3, 0.4) is 0 Å². The molecule has 2 heterocycles. The van der Waals surface area contributed by atoms with Gasteiger partial charge in [0, 0.05) is 20.5 Å². The number of para-hydroxylation sites is 2. The number of nitrogens with zero attached hydrogens (tertiary/aromatic N) is 1. The maximum Gasteiger partial charge on any atom is 0.272 e. The molecule has 0 aliphatic carbocycles. The molecule has 3 aromatic carbocycles. The van der Waals surface area contributed by atoms with E-state index in [4.69, 9.17) is 4.74 Å². The summed E-state index contributed by atoms with van der Waals surface area (Å²) >= 11 is 1.58. The monoisotopic (exact) mass is 449 g/mol. The van der Waals surface area contributed by atoms with Gasteiger partial charge >= 0.3 is 0 Å². The second-order valence-corrected chi connectivity index (χ2v) is 9.90. The van der Waals surface area contributed by atoms with Gasteiger partial charge in [0.1, 0.15) is 10.6 Å². The average molecular weight is 450 g/mol. The molecule has 5 aromatic rings. The van der Waals surface area contributed by atoms with Crippen LogP contribution in [-0.4, -0.2) is 24.6 Å². The number of aliphatic hydroxyl groups is 1. The average Bonchev–Trinajstić information content (AvgIpc) is 3.37. The van der Waals surface area contributed by atoms with Crippen molar-refractivity contribution in [2.45, 2.75) is 11.5 Å². The van der Waals surface area contributed by atoms with E-state index in [0.29, 0.717) is 11.2 Å². The van der Waals surface area contributed by atoms with Crippen molar-refractivity contribution in [1.29, 1.82) is 0 Å². The Hall–Kier alpha value is -3.13. The van der Waals surface area contributed by atoms with Gasteiger partial charge < -0.3 is 9.84 Å². The number of thiophene rings is 1. The van der Waals surface area contributed by atoms with Crippen molar-refractivity contribution in [1.82, 2.24) is 3.97 Å². The van der Waals surface area contributed by atoms with Crippen molar-refractivity contribution in [2.75, 3.05) is 7.11 Å². The van der Waals surface area contributed by atoms with Crippen LogP contribution in [0.1, 0.15) is 5.69 Å². The maximum absolute atomic E-state index is 13.8. The highest BCUT2D eigenvalue weighted by molar-refractivity contribution is 7.90. The van der Waals surface area contributed by atoms with E-state index in [2.05, 4.69) is 0 Å². The summed E-state index contributed by atoms with van der Waals surface area (Å²) in [5.41, 5.74) is 1.58. The first-order chi connectivity index (χ1) is 15.1. The number of hydrogen-bond donors (Lipinski definition) is 1. The molecule has 0 amide bonds. The largest absolute Gasteiger partial charge is 0.495 e. The number of aromatic nitrogens is 1. The third-order valence-corrected chi connectivity index (χ3v) is 8.26. The minimum Gasteiger partial charge on any atom is -0.495 e. The Morgan fingerprint density at radius 2 is 1.68 bits per heavy atom. The predicted molar refractivity (Wildman–Crippen MR) is 124 cm³/mol. The van der Waals surface area contributed by atoms with Gasteiger partial charge in [-0.25, -0.2) is 12.4 Å². The predicted octanol–water partition coefficient (Wildman–Crippen LogP) is 5.26. The van der Waals surface area contributed by atoms with Gasteiger partial charge in [-0.1, -0.05) is 48.5 Å². The number of ether oxygens (including phenoxy) is 1. The van der Waals surface area contributed by atoms with Gasteiger partial charge in [-0.3, -0.25) is 0 Å². The van der Waals surface area contributed by atoms with Crippen molar-refractivity contribution >= 4 is 42.3 Å². The molecule has 0 radical (unpaired) electrons. The van der Waals surface area contributed by atoms with Crippen molar-refractivity contribution in [3.63, 3.8) is 0 Å². The Labute approximate surface area is 183 Å². The maximum atomic E-state index is 13.8. The minimum absolute atomic E-state index is 0.0517. The molecule has 5 rings (SSSR count). The second-order valence-electron chi connectivity index (χ2n) is 7.07. The van der Waals surface area contributed by atoms with Crippen LogP contribution in [0, 0.1) is 0 Å². The molecular formula is C24H19NO4S2. The molecule has 0 aliphatic rings. The molecule has 2 aromatic heterocycles. The Morgan fingerprint density at radius 3 is 2.45 bits per heavy atom. The molecule has 5 nitrogen and oxygen atoms in total. The zero-order chi connectivity index (χ0) is 21.6. The van der Waals surface area contributed by atoms with Crippen molar-refractivity contribution in [3.8, 4) is 16.2 Å². The highest BCUT2D eigenvalue weighted by Gasteiger charge is 2.29. The number of methoxy groups -OCH3 is 1. The lowest BCUT2D eigenvalue weighted by Gasteiger charge is -2.14. The van der Waals surface area contributed by atoms with Gasteiger partial charge in [0.05, 0.1) is 24.9 Å². The smallest absolute Gasteiger partial charge is 0.272 e.